The molecule has 104 valence electrons. The number of anilines is 1. The van der Waals surface area contributed by atoms with E-state index in [1.807, 2.05) is 12.1 Å². The maximum Gasteiger partial charge on any atom is 0.213 e. The summed E-state index contributed by atoms with van der Waals surface area (Å²) in [6.45, 7) is 1.38. The van der Waals surface area contributed by atoms with Crippen molar-refractivity contribution in [2.24, 2.45) is 5.92 Å². The fourth-order valence-electron chi connectivity index (χ4n) is 1.76. The molecule has 5 nitrogen and oxygen atoms in total. The highest BCUT2D eigenvalue weighted by Crippen LogP contribution is 2.29. The van der Waals surface area contributed by atoms with Crippen LogP contribution in [0.25, 0.3) is 0 Å². The summed E-state index contributed by atoms with van der Waals surface area (Å²) in [7, 11) is 0. The molecule has 0 aliphatic heterocycles. The maximum absolute atomic E-state index is 5.99. The smallest absolute Gasteiger partial charge is 0.213 e. The molecule has 3 rings (SSSR count). The van der Waals surface area contributed by atoms with Gasteiger partial charge >= 0.3 is 0 Å². The van der Waals surface area contributed by atoms with Crippen molar-refractivity contribution in [2.45, 2.75) is 19.4 Å². The third-order valence-electron chi connectivity index (χ3n) is 3.09. The van der Waals surface area contributed by atoms with Crippen LogP contribution in [0.1, 0.15) is 18.4 Å². The van der Waals surface area contributed by atoms with Gasteiger partial charge in [-0.15, -0.1) is 0 Å². The summed E-state index contributed by atoms with van der Waals surface area (Å²) < 4.78 is 5.66. The van der Waals surface area contributed by atoms with Crippen LogP contribution >= 0.6 is 11.6 Å². The van der Waals surface area contributed by atoms with E-state index in [1.54, 1.807) is 12.4 Å². The van der Waals surface area contributed by atoms with Crippen LogP contribution in [0.4, 0.5) is 5.82 Å². The second kappa shape index (κ2) is 6.05. The largest absolute Gasteiger partial charge is 0.477 e. The third-order valence-corrected chi connectivity index (χ3v) is 3.37. The topological polar surface area (TPSA) is 59.9 Å². The first-order valence-corrected chi connectivity index (χ1v) is 6.96. The molecule has 0 atom stereocenters. The first-order valence-electron chi connectivity index (χ1n) is 6.58. The Labute approximate surface area is 122 Å². The summed E-state index contributed by atoms with van der Waals surface area (Å²) in [5.41, 5.74) is 1.07. The zero-order valence-corrected chi connectivity index (χ0v) is 11.7. The van der Waals surface area contributed by atoms with E-state index in [-0.39, 0.29) is 0 Å². The van der Waals surface area contributed by atoms with Gasteiger partial charge in [-0.1, -0.05) is 11.6 Å². The van der Waals surface area contributed by atoms with Crippen LogP contribution in [0.2, 0.25) is 5.02 Å². The zero-order chi connectivity index (χ0) is 13.8. The van der Waals surface area contributed by atoms with E-state index in [0.29, 0.717) is 23.3 Å². The van der Waals surface area contributed by atoms with E-state index in [2.05, 4.69) is 20.3 Å². The first-order chi connectivity index (χ1) is 9.81. The van der Waals surface area contributed by atoms with Gasteiger partial charge in [0.05, 0.1) is 12.8 Å². The molecule has 0 bridgehead atoms. The Balaban J connectivity index is 1.59. The van der Waals surface area contributed by atoms with Crippen LogP contribution in [-0.4, -0.2) is 21.6 Å². The van der Waals surface area contributed by atoms with Gasteiger partial charge in [-0.3, -0.25) is 0 Å². The second-order valence-electron chi connectivity index (χ2n) is 4.83. The molecule has 1 saturated carbocycles. The summed E-state index contributed by atoms with van der Waals surface area (Å²) >= 11 is 5.99. The Hall–Kier alpha value is -1.88. The summed E-state index contributed by atoms with van der Waals surface area (Å²) in [5, 5.41) is 3.67. The second-order valence-corrected chi connectivity index (χ2v) is 5.24. The maximum atomic E-state index is 5.99. The monoisotopic (exact) mass is 290 g/mol. The van der Waals surface area contributed by atoms with Crippen molar-refractivity contribution in [3.05, 3.63) is 41.4 Å². The molecule has 2 heterocycles. The minimum absolute atomic E-state index is 0.506. The Kier molecular flexibility index (Phi) is 3.97. The van der Waals surface area contributed by atoms with Gasteiger partial charge in [0.1, 0.15) is 17.2 Å². The molecule has 0 aromatic carbocycles. The average Bonchev–Trinajstić information content (AvgIpc) is 3.29. The van der Waals surface area contributed by atoms with Gasteiger partial charge in [0, 0.05) is 18.8 Å². The standard InChI is InChI=1S/C14H15ClN4O/c15-12-7-16-9-19-14(12)18-6-11-3-4-17-13(5-11)20-8-10-1-2-10/h3-5,7,9-10H,1-2,6,8H2,(H,16,18,19). The molecule has 1 aliphatic carbocycles. The SMILES string of the molecule is Clc1cncnc1NCc1ccnc(OCC2CC2)c1. The number of nitrogens with one attached hydrogen (secondary N) is 1. The zero-order valence-electron chi connectivity index (χ0n) is 10.9. The lowest BCUT2D eigenvalue weighted by molar-refractivity contribution is 0.288. The van der Waals surface area contributed by atoms with Crippen LogP contribution in [0.5, 0.6) is 5.88 Å². The van der Waals surface area contributed by atoms with Crippen molar-refractivity contribution in [3.8, 4) is 5.88 Å². The molecule has 6 heteroatoms. The van der Waals surface area contributed by atoms with Crippen molar-refractivity contribution in [1.82, 2.24) is 15.0 Å². The lowest BCUT2D eigenvalue weighted by Gasteiger charge is -2.08. The molecule has 0 saturated heterocycles. The number of pyridine rings is 1. The van der Waals surface area contributed by atoms with Crippen molar-refractivity contribution in [3.63, 3.8) is 0 Å². The van der Waals surface area contributed by atoms with Crippen molar-refractivity contribution in [2.75, 3.05) is 11.9 Å². The first kappa shape index (κ1) is 13.1. The van der Waals surface area contributed by atoms with Gasteiger partial charge in [-0.25, -0.2) is 15.0 Å². The molecule has 1 fully saturated rings. The van der Waals surface area contributed by atoms with E-state index >= 15 is 0 Å². The van der Waals surface area contributed by atoms with Gasteiger partial charge in [0.15, 0.2) is 0 Å². The van der Waals surface area contributed by atoms with Crippen molar-refractivity contribution < 1.29 is 4.74 Å². The van der Waals surface area contributed by atoms with Crippen molar-refractivity contribution in [1.29, 1.82) is 0 Å². The molecule has 1 N–H and O–H groups in total. The molecule has 0 amide bonds. The molecule has 0 radical (unpaired) electrons. The fraction of sp³-hybridized carbons (Fsp3) is 0.357. The van der Waals surface area contributed by atoms with E-state index < -0.39 is 0 Å². The number of rotatable bonds is 6. The van der Waals surface area contributed by atoms with E-state index in [4.69, 9.17) is 16.3 Å². The molecule has 0 spiro atoms. The van der Waals surface area contributed by atoms with E-state index in [0.717, 1.165) is 18.1 Å². The van der Waals surface area contributed by atoms with Gasteiger partial charge in [0.2, 0.25) is 5.88 Å². The average molecular weight is 291 g/mol. The minimum Gasteiger partial charge on any atom is -0.477 e. The minimum atomic E-state index is 0.506. The predicted octanol–water partition coefficient (Wildman–Crippen LogP) is 2.93. The number of nitrogens with zero attached hydrogens (tertiary/aromatic N) is 3. The normalized spacial score (nSPS) is 14.1. The van der Waals surface area contributed by atoms with Crippen LogP contribution in [-0.2, 0) is 6.54 Å². The molecular formula is C14H15ClN4O. The fourth-order valence-corrected chi connectivity index (χ4v) is 1.93. The van der Waals surface area contributed by atoms with Crippen LogP contribution < -0.4 is 10.1 Å². The summed E-state index contributed by atoms with van der Waals surface area (Å²) in [6, 6.07) is 3.87. The third kappa shape index (κ3) is 3.57. The van der Waals surface area contributed by atoms with Gasteiger partial charge < -0.3 is 10.1 Å². The molecule has 2 aromatic heterocycles. The molecule has 0 unspecified atom stereocenters. The summed E-state index contributed by atoms with van der Waals surface area (Å²) in [4.78, 5) is 12.1. The Morgan fingerprint density at radius 2 is 2.25 bits per heavy atom. The Morgan fingerprint density at radius 1 is 1.35 bits per heavy atom. The Morgan fingerprint density at radius 3 is 3.05 bits per heavy atom. The van der Waals surface area contributed by atoms with Crippen molar-refractivity contribution >= 4 is 17.4 Å². The molecular weight excluding hydrogens is 276 g/mol. The van der Waals surface area contributed by atoms with Gasteiger partial charge in [-0.2, -0.15) is 0 Å². The number of halogens is 1. The molecule has 20 heavy (non-hydrogen) atoms. The van der Waals surface area contributed by atoms with E-state index in [9.17, 15) is 0 Å². The van der Waals surface area contributed by atoms with Crippen LogP contribution in [0.3, 0.4) is 0 Å². The van der Waals surface area contributed by atoms with E-state index in [1.165, 1.54) is 19.2 Å². The van der Waals surface area contributed by atoms with Crippen LogP contribution in [0, 0.1) is 5.92 Å². The van der Waals surface area contributed by atoms with Gasteiger partial charge in [0.25, 0.3) is 0 Å². The highest BCUT2D eigenvalue weighted by Gasteiger charge is 2.22. The highest BCUT2D eigenvalue weighted by molar-refractivity contribution is 6.32. The predicted molar refractivity (Wildman–Crippen MR) is 76.8 cm³/mol. The lowest BCUT2D eigenvalue weighted by Crippen LogP contribution is -2.04. The summed E-state index contributed by atoms with van der Waals surface area (Å²) in [5.74, 6) is 2.02. The molecule has 2 aromatic rings. The number of aromatic nitrogens is 3. The van der Waals surface area contributed by atoms with Crippen LogP contribution in [0.15, 0.2) is 30.9 Å². The number of ether oxygens (including phenoxy) is 1. The number of hydrogen-bond acceptors (Lipinski definition) is 5. The lowest BCUT2D eigenvalue weighted by atomic mass is 10.2. The quantitative estimate of drug-likeness (QED) is 0.886. The molecule has 1 aliphatic rings. The van der Waals surface area contributed by atoms with Gasteiger partial charge in [-0.05, 0) is 30.4 Å². The Bertz CT molecular complexity index is 589. The summed E-state index contributed by atoms with van der Waals surface area (Å²) in [6.07, 6.45) is 7.32. The highest BCUT2D eigenvalue weighted by atomic mass is 35.5. The number of hydrogen-bond donors (Lipinski definition) is 1.